The number of nitro groups is 1. The summed E-state index contributed by atoms with van der Waals surface area (Å²) >= 11 is 0. The molecule has 7 nitrogen and oxygen atoms in total. The SMILES string of the molecule is O=C(O)c1ccc([N+](=O)[O-])c(NCCCNC2CC2)c1. The Morgan fingerprint density at radius 3 is 2.75 bits per heavy atom. The highest BCUT2D eigenvalue weighted by Gasteiger charge is 2.19. The first-order valence-corrected chi connectivity index (χ1v) is 6.57. The maximum absolute atomic E-state index is 10.9. The molecule has 1 aliphatic rings. The number of rotatable bonds is 8. The van der Waals surface area contributed by atoms with Crippen LogP contribution in [0.4, 0.5) is 11.4 Å². The minimum Gasteiger partial charge on any atom is -0.478 e. The van der Waals surface area contributed by atoms with Gasteiger partial charge in [-0.15, -0.1) is 0 Å². The van der Waals surface area contributed by atoms with Gasteiger partial charge in [-0.1, -0.05) is 0 Å². The van der Waals surface area contributed by atoms with Crippen LogP contribution in [0, 0.1) is 10.1 Å². The van der Waals surface area contributed by atoms with E-state index in [0.717, 1.165) is 13.0 Å². The molecule has 0 aliphatic heterocycles. The molecule has 0 atom stereocenters. The Morgan fingerprint density at radius 1 is 1.40 bits per heavy atom. The molecule has 108 valence electrons. The molecular weight excluding hydrogens is 262 g/mol. The fourth-order valence-corrected chi connectivity index (χ4v) is 1.87. The molecule has 3 N–H and O–H groups in total. The quantitative estimate of drug-likeness (QED) is 0.381. The number of nitrogens with zero attached hydrogens (tertiary/aromatic N) is 1. The summed E-state index contributed by atoms with van der Waals surface area (Å²) in [7, 11) is 0. The first-order chi connectivity index (χ1) is 9.58. The fourth-order valence-electron chi connectivity index (χ4n) is 1.87. The van der Waals surface area contributed by atoms with Crippen LogP contribution in [0.25, 0.3) is 0 Å². The Kier molecular flexibility index (Phi) is 4.52. The van der Waals surface area contributed by atoms with Crippen molar-refractivity contribution in [3.63, 3.8) is 0 Å². The van der Waals surface area contributed by atoms with Gasteiger partial charge in [-0.3, -0.25) is 10.1 Å². The van der Waals surface area contributed by atoms with Crippen molar-refractivity contribution in [1.29, 1.82) is 0 Å². The van der Waals surface area contributed by atoms with Crippen LogP contribution in [0.15, 0.2) is 18.2 Å². The minimum absolute atomic E-state index is 0.0363. The summed E-state index contributed by atoms with van der Waals surface area (Å²) in [6, 6.07) is 4.39. The molecule has 2 rings (SSSR count). The number of hydrogen-bond donors (Lipinski definition) is 3. The Morgan fingerprint density at radius 2 is 2.15 bits per heavy atom. The lowest BCUT2D eigenvalue weighted by molar-refractivity contribution is -0.384. The van der Waals surface area contributed by atoms with E-state index in [2.05, 4.69) is 10.6 Å². The average molecular weight is 279 g/mol. The first-order valence-electron chi connectivity index (χ1n) is 6.57. The van der Waals surface area contributed by atoms with E-state index in [1.807, 2.05) is 0 Å². The van der Waals surface area contributed by atoms with Crippen LogP contribution in [0.1, 0.15) is 29.6 Å². The van der Waals surface area contributed by atoms with Crippen molar-refractivity contribution in [2.45, 2.75) is 25.3 Å². The van der Waals surface area contributed by atoms with E-state index in [1.54, 1.807) is 0 Å². The largest absolute Gasteiger partial charge is 0.478 e. The molecule has 1 saturated carbocycles. The number of aromatic carboxylic acids is 1. The molecule has 0 saturated heterocycles. The minimum atomic E-state index is -1.10. The van der Waals surface area contributed by atoms with E-state index in [-0.39, 0.29) is 16.9 Å². The van der Waals surface area contributed by atoms with Crippen LogP contribution in [-0.2, 0) is 0 Å². The van der Waals surface area contributed by atoms with Crippen LogP contribution in [0.3, 0.4) is 0 Å². The number of carboxylic acid groups (broad SMARTS) is 1. The number of nitrogens with one attached hydrogen (secondary N) is 2. The average Bonchev–Trinajstić information content (AvgIpc) is 3.22. The highest BCUT2D eigenvalue weighted by molar-refractivity contribution is 5.90. The smallest absolute Gasteiger partial charge is 0.335 e. The lowest BCUT2D eigenvalue weighted by Gasteiger charge is -2.08. The third-order valence-corrected chi connectivity index (χ3v) is 3.12. The van der Waals surface area contributed by atoms with Crippen LogP contribution >= 0.6 is 0 Å². The summed E-state index contributed by atoms with van der Waals surface area (Å²) in [6.45, 7) is 1.41. The molecule has 20 heavy (non-hydrogen) atoms. The summed E-state index contributed by atoms with van der Waals surface area (Å²) in [4.78, 5) is 21.3. The Balaban J connectivity index is 1.93. The zero-order valence-electron chi connectivity index (χ0n) is 11.0. The van der Waals surface area contributed by atoms with Gasteiger partial charge in [0.05, 0.1) is 10.5 Å². The maximum atomic E-state index is 10.9. The summed E-state index contributed by atoms with van der Waals surface area (Å²) in [5, 5.41) is 26.1. The predicted molar refractivity (Wildman–Crippen MR) is 74.2 cm³/mol. The molecular formula is C13H17N3O4. The monoisotopic (exact) mass is 279 g/mol. The van der Waals surface area contributed by atoms with E-state index in [1.165, 1.54) is 31.0 Å². The third kappa shape index (κ3) is 3.92. The van der Waals surface area contributed by atoms with Crippen LogP contribution in [0.2, 0.25) is 0 Å². The van der Waals surface area contributed by atoms with Crippen LogP contribution in [-0.4, -0.2) is 35.1 Å². The van der Waals surface area contributed by atoms with E-state index >= 15 is 0 Å². The third-order valence-electron chi connectivity index (χ3n) is 3.12. The first kappa shape index (κ1) is 14.3. The number of carboxylic acids is 1. The van der Waals surface area contributed by atoms with E-state index in [4.69, 9.17) is 5.11 Å². The molecule has 0 heterocycles. The molecule has 1 fully saturated rings. The van der Waals surface area contributed by atoms with Gasteiger partial charge in [-0.25, -0.2) is 4.79 Å². The number of hydrogen-bond acceptors (Lipinski definition) is 5. The van der Waals surface area contributed by atoms with Crippen molar-refractivity contribution in [2.24, 2.45) is 0 Å². The molecule has 0 unspecified atom stereocenters. The molecule has 0 amide bonds. The lowest BCUT2D eigenvalue weighted by Crippen LogP contribution is -2.20. The second-order valence-corrected chi connectivity index (χ2v) is 4.80. The van der Waals surface area contributed by atoms with E-state index in [9.17, 15) is 14.9 Å². The van der Waals surface area contributed by atoms with Gasteiger partial charge in [0, 0.05) is 18.7 Å². The Bertz CT molecular complexity index is 514. The summed E-state index contributed by atoms with van der Waals surface area (Å²) in [5.41, 5.74) is 0.181. The van der Waals surface area contributed by atoms with Gasteiger partial charge in [-0.05, 0) is 37.9 Å². The standard InChI is InChI=1S/C13H17N3O4/c17-13(18)9-2-5-12(16(19)20)11(8-9)15-7-1-6-14-10-3-4-10/h2,5,8,10,14-15H,1,3-4,6-7H2,(H,17,18). The number of carbonyl (C=O) groups is 1. The molecule has 0 radical (unpaired) electrons. The molecule has 1 aromatic carbocycles. The second-order valence-electron chi connectivity index (χ2n) is 4.80. The van der Waals surface area contributed by atoms with E-state index in [0.29, 0.717) is 12.6 Å². The summed E-state index contributed by atoms with van der Waals surface area (Å²) in [6.07, 6.45) is 3.27. The summed E-state index contributed by atoms with van der Waals surface area (Å²) < 4.78 is 0. The fraction of sp³-hybridized carbons (Fsp3) is 0.462. The van der Waals surface area contributed by atoms with Crippen molar-refractivity contribution < 1.29 is 14.8 Å². The lowest BCUT2D eigenvalue weighted by atomic mass is 10.1. The molecule has 0 spiro atoms. The number of benzene rings is 1. The van der Waals surface area contributed by atoms with Gasteiger partial charge >= 0.3 is 5.97 Å². The van der Waals surface area contributed by atoms with Crippen molar-refractivity contribution in [1.82, 2.24) is 5.32 Å². The highest BCUT2D eigenvalue weighted by Crippen LogP contribution is 2.25. The normalized spacial score (nSPS) is 14.0. The summed E-state index contributed by atoms with van der Waals surface area (Å²) in [5.74, 6) is -1.10. The van der Waals surface area contributed by atoms with Gasteiger partial charge in [0.15, 0.2) is 0 Å². The van der Waals surface area contributed by atoms with Crippen LogP contribution in [0.5, 0.6) is 0 Å². The van der Waals surface area contributed by atoms with Gasteiger partial charge in [0.25, 0.3) is 5.69 Å². The Labute approximate surface area is 116 Å². The highest BCUT2D eigenvalue weighted by atomic mass is 16.6. The maximum Gasteiger partial charge on any atom is 0.335 e. The van der Waals surface area contributed by atoms with Crippen LogP contribution < -0.4 is 10.6 Å². The zero-order valence-corrected chi connectivity index (χ0v) is 11.0. The topological polar surface area (TPSA) is 104 Å². The molecule has 1 aliphatic carbocycles. The van der Waals surface area contributed by atoms with Gasteiger partial charge in [-0.2, -0.15) is 0 Å². The van der Waals surface area contributed by atoms with Gasteiger partial charge < -0.3 is 15.7 Å². The number of nitro benzene ring substituents is 1. The molecule has 0 aromatic heterocycles. The van der Waals surface area contributed by atoms with Crippen molar-refractivity contribution in [2.75, 3.05) is 18.4 Å². The van der Waals surface area contributed by atoms with Crippen molar-refractivity contribution in [3.8, 4) is 0 Å². The second kappa shape index (κ2) is 6.33. The molecule has 7 heteroatoms. The molecule has 0 bridgehead atoms. The predicted octanol–water partition coefficient (Wildman–Crippen LogP) is 1.85. The van der Waals surface area contributed by atoms with E-state index < -0.39 is 10.9 Å². The molecule has 1 aromatic rings. The van der Waals surface area contributed by atoms with Crippen molar-refractivity contribution in [3.05, 3.63) is 33.9 Å². The van der Waals surface area contributed by atoms with Crippen molar-refractivity contribution >= 4 is 17.3 Å². The number of anilines is 1. The zero-order chi connectivity index (χ0) is 14.5. The van der Waals surface area contributed by atoms with Gasteiger partial charge in [0.1, 0.15) is 5.69 Å². The Hall–Kier alpha value is -2.15. The van der Waals surface area contributed by atoms with Gasteiger partial charge in [0.2, 0.25) is 0 Å².